The lowest BCUT2D eigenvalue weighted by Gasteiger charge is -2.18. The molecule has 2 aromatic rings. The van der Waals surface area contributed by atoms with E-state index in [1.807, 2.05) is 6.07 Å². The zero-order valence-electron chi connectivity index (χ0n) is 14.1. The van der Waals surface area contributed by atoms with Crippen LogP contribution in [0.15, 0.2) is 36.7 Å². The topological polar surface area (TPSA) is 105 Å². The fourth-order valence-corrected chi connectivity index (χ4v) is 2.78. The van der Waals surface area contributed by atoms with Gasteiger partial charge in [0, 0.05) is 25.4 Å². The SMILES string of the molecule is COC(=O)c1ccccc1C(=O)N1CCC(Oc2nccnc2C#N)C1. The summed E-state index contributed by atoms with van der Waals surface area (Å²) in [6.07, 6.45) is 3.15. The molecule has 26 heavy (non-hydrogen) atoms. The number of hydrogen-bond acceptors (Lipinski definition) is 7. The summed E-state index contributed by atoms with van der Waals surface area (Å²) in [5, 5.41) is 9.05. The standard InChI is InChI=1S/C18H16N4O4/c1-25-18(24)14-5-3-2-4-13(14)17(23)22-9-6-12(11-22)26-16-15(10-19)20-7-8-21-16/h2-5,7-8,12H,6,9,11H2,1H3. The largest absolute Gasteiger partial charge is 0.470 e. The first kappa shape index (κ1) is 17.4. The van der Waals surface area contributed by atoms with E-state index in [-0.39, 0.29) is 34.7 Å². The van der Waals surface area contributed by atoms with Gasteiger partial charge >= 0.3 is 5.97 Å². The number of hydrogen-bond donors (Lipinski definition) is 0. The number of esters is 1. The highest BCUT2D eigenvalue weighted by molar-refractivity contribution is 6.05. The van der Waals surface area contributed by atoms with Gasteiger partial charge in [0.2, 0.25) is 5.69 Å². The van der Waals surface area contributed by atoms with Crippen molar-refractivity contribution in [3.63, 3.8) is 0 Å². The van der Waals surface area contributed by atoms with E-state index in [1.54, 1.807) is 29.2 Å². The van der Waals surface area contributed by atoms with Crippen molar-refractivity contribution in [1.29, 1.82) is 5.26 Å². The Balaban J connectivity index is 1.72. The average Bonchev–Trinajstić information content (AvgIpc) is 3.15. The second-order valence-corrected chi connectivity index (χ2v) is 5.64. The lowest BCUT2D eigenvalue weighted by molar-refractivity contribution is 0.0591. The molecule has 0 spiro atoms. The molecule has 1 atom stereocenters. The van der Waals surface area contributed by atoms with Crippen LogP contribution in [0, 0.1) is 11.3 Å². The molecule has 0 saturated carbocycles. The van der Waals surface area contributed by atoms with Crippen molar-refractivity contribution in [2.75, 3.05) is 20.2 Å². The number of rotatable bonds is 4. The molecule has 8 heteroatoms. The molecule has 0 N–H and O–H groups in total. The maximum atomic E-state index is 12.8. The van der Waals surface area contributed by atoms with Crippen molar-refractivity contribution >= 4 is 11.9 Å². The van der Waals surface area contributed by atoms with Crippen LogP contribution in [0.3, 0.4) is 0 Å². The van der Waals surface area contributed by atoms with Gasteiger partial charge in [-0.15, -0.1) is 0 Å². The Morgan fingerprint density at radius 2 is 1.96 bits per heavy atom. The first-order valence-corrected chi connectivity index (χ1v) is 7.98. The normalized spacial score (nSPS) is 16.0. The maximum Gasteiger partial charge on any atom is 0.338 e. The Kier molecular flexibility index (Phi) is 5.08. The highest BCUT2D eigenvalue weighted by Gasteiger charge is 2.31. The molecule has 0 aliphatic carbocycles. The van der Waals surface area contributed by atoms with E-state index in [0.29, 0.717) is 19.5 Å². The summed E-state index contributed by atoms with van der Waals surface area (Å²) < 4.78 is 10.5. The molecule has 3 rings (SSSR count). The first-order valence-electron chi connectivity index (χ1n) is 7.98. The van der Waals surface area contributed by atoms with Crippen molar-refractivity contribution < 1.29 is 19.1 Å². The van der Waals surface area contributed by atoms with Gasteiger partial charge in [-0.1, -0.05) is 12.1 Å². The van der Waals surface area contributed by atoms with E-state index in [1.165, 1.54) is 19.5 Å². The number of carbonyl (C=O) groups excluding carboxylic acids is 2. The summed E-state index contributed by atoms with van der Waals surface area (Å²) in [5.74, 6) is -0.666. The molecule has 8 nitrogen and oxygen atoms in total. The zero-order valence-corrected chi connectivity index (χ0v) is 14.1. The molecule has 1 aromatic carbocycles. The second-order valence-electron chi connectivity index (χ2n) is 5.64. The summed E-state index contributed by atoms with van der Waals surface area (Å²) in [5.41, 5.74) is 0.621. The van der Waals surface area contributed by atoms with Crippen LogP contribution in [0.25, 0.3) is 0 Å². The second kappa shape index (κ2) is 7.61. The molecular weight excluding hydrogens is 336 g/mol. The van der Waals surface area contributed by atoms with Gasteiger partial charge in [-0.25, -0.2) is 14.8 Å². The van der Waals surface area contributed by atoms with E-state index in [0.717, 1.165) is 0 Å². The predicted molar refractivity (Wildman–Crippen MR) is 89.5 cm³/mol. The van der Waals surface area contributed by atoms with Gasteiger partial charge in [0.05, 0.1) is 24.8 Å². The third kappa shape index (κ3) is 3.47. The Morgan fingerprint density at radius 1 is 1.23 bits per heavy atom. The highest BCUT2D eigenvalue weighted by Crippen LogP contribution is 2.21. The van der Waals surface area contributed by atoms with Crippen LogP contribution in [-0.2, 0) is 4.74 Å². The molecule has 1 aliphatic rings. The van der Waals surface area contributed by atoms with Gasteiger partial charge in [-0.2, -0.15) is 5.26 Å². The Labute approximate surface area is 150 Å². The van der Waals surface area contributed by atoms with Gasteiger partial charge in [0.1, 0.15) is 12.2 Å². The van der Waals surface area contributed by atoms with E-state index in [9.17, 15) is 9.59 Å². The maximum absolute atomic E-state index is 12.8. The number of carbonyl (C=O) groups is 2. The molecular formula is C18H16N4O4. The van der Waals surface area contributed by atoms with Gasteiger partial charge in [-0.05, 0) is 12.1 Å². The average molecular weight is 352 g/mol. The van der Waals surface area contributed by atoms with E-state index in [4.69, 9.17) is 14.7 Å². The third-order valence-corrected chi connectivity index (χ3v) is 4.04. The van der Waals surface area contributed by atoms with E-state index in [2.05, 4.69) is 9.97 Å². The van der Waals surface area contributed by atoms with Crippen molar-refractivity contribution in [2.45, 2.75) is 12.5 Å². The number of amides is 1. The zero-order chi connectivity index (χ0) is 18.5. The van der Waals surface area contributed by atoms with Gasteiger partial charge in [0.25, 0.3) is 11.8 Å². The number of benzene rings is 1. The molecule has 2 heterocycles. The highest BCUT2D eigenvalue weighted by atomic mass is 16.5. The summed E-state index contributed by atoms with van der Waals surface area (Å²) in [4.78, 5) is 34.2. The quantitative estimate of drug-likeness (QED) is 0.766. The fourth-order valence-electron chi connectivity index (χ4n) is 2.78. The van der Waals surface area contributed by atoms with Crippen molar-refractivity contribution in [3.8, 4) is 11.9 Å². The molecule has 0 radical (unpaired) electrons. The van der Waals surface area contributed by atoms with Crippen molar-refractivity contribution in [1.82, 2.24) is 14.9 Å². The minimum atomic E-state index is -0.556. The number of likely N-dealkylation sites (tertiary alicyclic amines) is 1. The van der Waals surface area contributed by atoms with Crippen LogP contribution in [0.5, 0.6) is 5.88 Å². The molecule has 1 unspecified atom stereocenters. The van der Waals surface area contributed by atoms with Crippen LogP contribution in [-0.4, -0.2) is 53.0 Å². The molecule has 1 aromatic heterocycles. The molecule has 1 fully saturated rings. The lowest BCUT2D eigenvalue weighted by atomic mass is 10.1. The van der Waals surface area contributed by atoms with E-state index < -0.39 is 5.97 Å². The minimum Gasteiger partial charge on any atom is -0.470 e. The van der Waals surface area contributed by atoms with Gasteiger partial charge < -0.3 is 14.4 Å². The van der Waals surface area contributed by atoms with Crippen LogP contribution in [0.4, 0.5) is 0 Å². The van der Waals surface area contributed by atoms with Crippen LogP contribution in [0.2, 0.25) is 0 Å². The smallest absolute Gasteiger partial charge is 0.338 e. The first-order chi connectivity index (χ1) is 12.6. The number of ether oxygens (including phenoxy) is 2. The monoisotopic (exact) mass is 352 g/mol. The third-order valence-electron chi connectivity index (χ3n) is 4.04. The summed E-state index contributed by atoms with van der Waals surface area (Å²) in [7, 11) is 1.27. The lowest BCUT2D eigenvalue weighted by Crippen LogP contribution is -2.32. The van der Waals surface area contributed by atoms with E-state index >= 15 is 0 Å². The molecule has 0 bridgehead atoms. The van der Waals surface area contributed by atoms with Crippen LogP contribution >= 0.6 is 0 Å². The van der Waals surface area contributed by atoms with Gasteiger partial charge in [-0.3, -0.25) is 4.79 Å². The molecule has 1 aliphatic heterocycles. The summed E-state index contributed by atoms with van der Waals surface area (Å²) in [6.45, 7) is 0.803. The van der Waals surface area contributed by atoms with Crippen LogP contribution < -0.4 is 4.74 Å². The molecule has 132 valence electrons. The number of aromatic nitrogens is 2. The molecule has 1 amide bonds. The predicted octanol–water partition coefficient (Wildman–Crippen LogP) is 1.43. The fraction of sp³-hybridized carbons (Fsp3) is 0.278. The van der Waals surface area contributed by atoms with Crippen molar-refractivity contribution in [3.05, 3.63) is 53.5 Å². The minimum absolute atomic E-state index is 0.105. The Morgan fingerprint density at radius 3 is 2.69 bits per heavy atom. The number of methoxy groups -OCH3 is 1. The number of nitriles is 1. The van der Waals surface area contributed by atoms with Crippen molar-refractivity contribution in [2.24, 2.45) is 0 Å². The summed E-state index contributed by atoms with van der Waals surface area (Å²) >= 11 is 0. The Hall–Kier alpha value is -3.47. The Bertz CT molecular complexity index is 877. The number of nitrogens with zero attached hydrogens (tertiary/aromatic N) is 4. The van der Waals surface area contributed by atoms with Crippen LogP contribution in [0.1, 0.15) is 32.8 Å². The molecule has 1 saturated heterocycles. The summed E-state index contributed by atoms with van der Waals surface area (Å²) in [6, 6.07) is 8.45. The van der Waals surface area contributed by atoms with Gasteiger partial charge in [0.15, 0.2) is 0 Å².